The number of benzene rings is 1. The molecule has 2 heterocycles. The summed E-state index contributed by atoms with van der Waals surface area (Å²) in [6.07, 6.45) is 1.00. The zero-order valence-electron chi connectivity index (χ0n) is 13.2. The number of anilines is 3. The van der Waals surface area contributed by atoms with Crippen LogP contribution in [0.15, 0.2) is 24.3 Å². The Kier molecular flexibility index (Phi) is 4.09. The summed E-state index contributed by atoms with van der Waals surface area (Å²) in [7, 11) is 0. The van der Waals surface area contributed by atoms with Crippen molar-refractivity contribution in [2.75, 3.05) is 35.2 Å². The normalized spacial score (nSPS) is 13.8. The van der Waals surface area contributed by atoms with Crippen molar-refractivity contribution in [3.8, 4) is 0 Å². The summed E-state index contributed by atoms with van der Waals surface area (Å²) in [6.45, 7) is 7.58. The van der Waals surface area contributed by atoms with Gasteiger partial charge in [0.05, 0.1) is 0 Å². The average molecular weight is 298 g/mol. The lowest BCUT2D eigenvalue weighted by Gasteiger charge is -2.29. The number of fused-ring (bicyclic) bond motifs is 1. The van der Waals surface area contributed by atoms with E-state index >= 15 is 0 Å². The fraction of sp³-hybridized carbons (Fsp3) is 0.438. The van der Waals surface area contributed by atoms with E-state index in [-0.39, 0.29) is 5.95 Å². The first kappa shape index (κ1) is 14.6. The first-order valence-corrected chi connectivity index (χ1v) is 7.79. The quantitative estimate of drug-likeness (QED) is 0.929. The van der Waals surface area contributed by atoms with Gasteiger partial charge in [0.25, 0.3) is 0 Å². The first-order chi connectivity index (χ1) is 10.7. The molecule has 0 radical (unpaired) electrons. The second-order valence-corrected chi connectivity index (χ2v) is 5.41. The molecular formula is C16H22N6. The van der Waals surface area contributed by atoms with E-state index in [1.54, 1.807) is 0 Å². The van der Waals surface area contributed by atoms with Crippen LogP contribution in [0.5, 0.6) is 0 Å². The predicted molar refractivity (Wildman–Crippen MR) is 89.0 cm³/mol. The number of hydrogen-bond acceptors (Lipinski definition) is 6. The van der Waals surface area contributed by atoms with Crippen molar-refractivity contribution in [3.63, 3.8) is 0 Å². The summed E-state index contributed by atoms with van der Waals surface area (Å²) >= 11 is 0. The Hall–Kier alpha value is -2.37. The van der Waals surface area contributed by atoms with Crippen LogP contribution in [0.3, 0.4) is 0 Å². The Morgan fingerprint density at radius 3 is 2.55 bits per heavy atom. The molecule has 0 amide bonds. The highest BCUT2D eigenvalue weighted by Crippen LogP contribution is 2.23. The molecule has 2 aromatic rings. The average Bonchev–Trinajstić information content (AvgIpc) is 2.55. The Bertz CT molecular complexity index is 653. The molecule has 0 atom stereocenters. The van der Waals surface area contributed by atoms with E-state index in [1.165, 1.54) is 11.1 Å². The van der Waals surface area contributed by atoms with E-state index in [2.05, 4.69) is 62.9 Å². The molecule has 6 nitrogen and oxygen atoms in total. The molecule has 0 bridgehead atoms. The van der Waals surface area contributed by atoms with Crippen LogP contribution in [0, 0.1) is 0 Å². The van der Waals surface area contributed by atoms with Crippen LogP contribution in [-0.4, -0.2) is 34.6 Å². The zero-order chi connectivity index (χ0) is 15.5. The highest BCUT2D eigenvalue weighted by atomic mass is 15.3. The van der Waals surface area contributed by atoms with Crippen LogP contribution in [0.2, 0.25) is 0 Å². The minimum absolute atomic E-state index is 0.283. The summed E-state index contributed by atoms with van der Waals surface area (Å²) in [4.78, 5) is 17.5. The van der Waals surface area contributed by atoms with Crippen molar-refractivity contribution >= 4 is 17.8 Å². The molecule has 6 heteroatoms. The summed E-state index contributed by atoms with van der Waals surface area (Å²) < 4.78 is 0. The molecular weight excluding hydrogens is 276 g/mol. The monoisotopic (exact) mass is 298 g/mol. The van der Waals surface area contributed by atoms with E-state index in [1.807, 2.05) is 0 Å². The fourth-order valence-corrected chi connectivity index (χ4v) is 2.83. The molecule has 2 N–H and O–H groups in total. The lowest BCUT2D eigenvalue weighted by Crippen LogP contribution is -2.33. The molecule has 1 aliphatic rings. The van der Waals surface area contributed by atoms with E-state index in [0.29, 0.717) is 11.9 Å². The molecule has 0 saturated carbocycles. The van der Waals surface area contributed by atoms with E-state index in [4.69, 9.17) is 5.73 Å². The van der Waals surface area contributed by atoms with Crippen molar-refractivity contribution in [3.05, 3.63) is 35.4 Å². The third-order valence-electron chi connectivity index (χ3n) is 4.09. The first-order valence-electron chi connectivity index (χ1n) is 7.79. The molecule has 0 unspecified atom stereocenters. The van der Waals surface area contributed by atoms with E-state index < -0.39 is 0 Å². The second kappa shape index (κ2) is 6.17. The maximum atomic E-state index is 5.89. The van der Waals surface area contributed by atoms with E-state index in [0.717, 1.165) is 32.6 Å². The molecule has 1 aromatic heterocycles. The predicted octanol–water partition coefficient (Wildman–Crippen LogP) is 1.86. The molecule has 0 saturated heterocycles. The van der Waals surface area contributed by atoms with Gasteiger partial charge in [0.2, 0.25) is 17.8 Å². The van der Waals surface area contributed by atoms with Crippen LogP contribution in [-0.2, 0) is 13.0 Å². The number of hydrogen-bond donors (Lipinski definition) is 1. The Balaban J connectivity index is 1.89. The standard InChI is InChI=1S/C16H22N6/c1-3-21(4-2)15-18-14(17)19-16(20-15)22-10-9-12-7-5-6-8-13(12)11-22/h5-8H,3-4,9-11H2,1-2H3,(H2,17,18,19,20). The van der Waals surface area contributed by atoms with Gasteiger partial charge in [0.1, 0.15) is 0 Å². The fourth-order valence-electron chi connectivity index (χ4n) is 2.83. The number of nitrogens with two attached hydrogens (primary N) is 1. The minimum Gasteiger partial charge on any atom is -0.368 e. The summed E-state index contributed by atoms with van der Waals surface area (Å²) in [6, 6.07) is 8.52. The molecule has 0 fully saturated rings. The van der Waals surface area contributed by atoms with Crippen LogP contribution >= 0.6 is 0 Å². The van der Waals surface area contributed by atoms with Crippen molar-refractivity contribution in [2.45, 2.75) is 26.8 Å². The Morgan fingerprint density at radius 1 is 1.09 bits per heavy atom. The summed E-state index contributed by atoms with van der Waals surface area (Å²) in [5.41, 5.74) is 8.63. The van der Waals surface area contributed by atoms with Gasteiger partial charge in [0.15, 0.2) is 0 Å². The molecule has 116 valence electrons. The molecule has 22 heavy (non-hydrogen) atoms. The van der Waals surface area contributed by atoms with Gasteiger partial charge in [-0.3, -0.25) is 0 Å². The number of nitrogens with zero attached hydrogens (tertiary/aromatic N) is 5. The largest absolute Gasteiger partial charge is 0.368 e. The summed E-state index contributed by atoms with van der Waals surface area (Å²) in [5.74, 6) is 1.61. The second-order valence-electron chi connectivity index (χ2n) is 5.41. The van der Waals surface area contributed by atoms with Gasteiger partial charge in [0, 0.05) is 26.2 Å². The maximum Gasteiger partial charge on any atom is 0.232 e. The highest BCUT2D eigenvalue weighted by molar-refractivity contribution is 5.46. The van der Waals surface area contributed by atoms with Crippen LogP contribution in [0.1, 0.15) is 25.0 Å². The number of aromatic nitrogens is 3. The van der Waals surface area contributed by atoms with Gasteiger partial charge in [-0.1, -0.05) is 24.3 Å². The van der Waals surface area contributed by atoms with Crippen LogP contribution in [0.4, 0.5) is 17.8 Å². The molecule has 1 aromatic carbocycles. The van der Waals surface area contributed by atoms with E-state index in [9.17, 15) is 0 Å². The van der Waals surface area contributed by atoms with Crippen LogP contribution in [0.25, 0.3) is 0 Å². The van der Waals surface area contributed by atoms with Gasteiger partial charge in [-0.05, 0) is 31.4 Å². The van der Waals surface area contributed by atoms with Crippen molar-refractivity contribution < 1.29 is 0 Å². The molecule has 0 aliphatic carbocycles. The minimum atomic E-state index is 0.283. The van der Waals surface area contributed by atoms with Gasteiger partial charge in [-0.25, -0.2) is 0 Å². The molecule has 0 spiro atoms. The van der Waals surface area contributed by atoms with Crippen molar-refractivity contribution in [1.29, 1.82) is 0 Å². The number of rotatable bonds is 4. The van der Waals surface area contributed by atoms with Gasteiger partial charge >= 0.3 is 0 Å². The van der Waals surface area contributed by atoms with Crippen LogP contribution < -0.4 is 15.5 Å². The topological polar surface area (TPSA) is 71.2 Å². The SMILES string of the molecule is CCN(CC)c1nc(N)nc(N2CCc3ccccc3C2)n1. The highest BCUT2D eigenvalue weighted by Gasteiger charge is 2.20. The third kappa shape index (κ3) is 2.81. The van der Waals surface area contributed by atoms with Gasteiger partial charge in [-0.2, -0.15) is 15.0 Å². The summed E-state index contributed by atoms with van der Waals surface area (Å²) in [5, 5.41) is 0. The molecule has 3 rings (SSSR count). The smallest absolute Gasteiger partial charge is 0.232 e. The lowest BCUT2D eigenvalue weighted by atomic mass is 10.0. The third-order valence-corrected chi connectivity index (χ3v) is 4.09. The van der Waals surface area contributed by atoms with Crippen molar-refractivity contribution in [1.82, 2.24) is 15.0 Å². The van der Waals surface area contributed by atoms with Crippen molar-refractivity contribution in [2.24, 2.45) is 0 Å². The zero-order valence-corrected chi connectivity index (χ0v) is 13.2. The maximum absolute atomic E-state index is 5.89. The molecule has 1 aliphatic heterocycles. The lowest BCUT2D eigenvalue weighted by molar-refractivity contribution is 0.700. The Morgan fingerprint density at radius 2 is 1.82 bits per heavy atom. The Labute approximate surface area is 131 Å². The van der Waals surface area contributed by atoms with Gasteiger partial charge < -0.3 is 15.5 Å². The van der Waals surface area contributed by atoms with Gasteiger partial charge in [-0.15, -0.1) is 0 Å². The number of nitrogen functional groups attached to an aromatic ring is 1.